The van der Waals surface area contributed by atoms with Gasteiger partial charge < -0.3 is 9.84 Å². The van der Waals surface area contributed by atoms with Crippen molar-refractivity contribution in [1.82, 2.24) is 4.90 Å². The van der Waals surface area contributed by atoms with Gasteiger partial charge in [-0.05, 0) is 19.4 Å². The number of likely N-dealkylation sites (N-methyl/N-ethyl adjacent to an activating group) is 1. The molecule has 3 nitrogen and oxygen atoms in total. The Labute approximate surface area is 97.2 Å². The molecule has 1 aliphatic heterocycles. The Bertz CT molecular complexity index is 180. The summed E-state index contributed by atoms with van der Waals surface area (Å²) < 4.78 is 5.05. The van der Waals surface area contributed by atoms with Crippen molar-refractivity contribution in [1.29, 1.82) is 0 Å². The van der Waals surface area contributed by atoms with Crippen LogP contribution in [-0.4, -0.2) is 61.0 Å². The van der Waals surface area contributed by atoms with Crippen molar-refractivity contribution >= 4 is 11.8 Å². The Morgan fingerprint density at radius 3 is 2.93 bits per heavy atom. The highest BCUT2D eigenvalue weighted by molar-refractivity contribution is 7.99. The summed E-state index contributed by atoms with van der Waals surface area (Å²) in [5.74, 6) is 2.55. The van der Waals surface area contributed by atoms with Gasteiger partial charge in [0.1, 0.15) is 0 Å². The van der Waals surface area contributed by atoms with Gasteiger partial charge in [0, 0.05) is 37.8 Å². The maximum atomic E-state index is 10.2. The molecule has 1 fully saturated rings. The van der Waals surface area contributed by atoms with E-state index >= 15 is 0 Å². The number of nitrogens with zero attached hydrogens (tertiary/aromatic N) is 1. The standard InChI is InChI=1S/C11H23NO2S/c1-9(4-6-14-3)11(13)10-8-15-7-5-12(10)2/h9-11,13H,4-8H2,1-3H3. The van der Waals surface area contributed by atoms with Gasteiger partial charge in [-0.3, -0.25) is 4.90 Å². The molecular formula is C11H23NO2S. The van der Waals surface area contributed by atoms with Crippen molar-refractivity contribution in [3.8, 4) is 0 Å². The van der Waals surface area contributed by atoms with Crippen LogP contribution in [0.25, 0.3) is 0 Å². The van der Waals surface area contributed by atoms with Gasteiger partial charge in [0.25, 0.3) is 0 Å². The minimum Gasteiger partial charge on any atom is -0.391 e. The van der Waals surface area contributed by atoms with Gasteiger partial charge in [-0.2, -0.15) is 11.8 Å². The number of aliphatic hydroxyl groups excluding tert-OH is 1. The molecule has 0 amide bonds. The maximum absolute atomic E-state index is 10.2. The molecule has 3 atom stereocenters. The molecule has 1 rings (SSSR count). The number of ether oxygens (including phenoxy) is 1. The van der Waals surface area contributed by atoms with Crippen LogP contribution in [0.1, 0.15) is 13.3 Å². The van der Waals surface area contributed by atoms with E-state index in [0.29, 0.717) is 12.0 Å². The first kappa shape index (κ1) is 13.3. The van der Waals surface area contributed by atoms with E-state index in [1.165, 1.54) is 5.75 Å². The minimum atomic E-state index is -0.224. The zero-order valence-corrected chi connectivity index (χ0v) is 10.8. The first-order chi connectivity index (χ1) is 7.16. The number of hydrogen-bond acceptors (Lipinski definition) is 4. The minimum absolute atomic E-state index is 0.224. The van der Waals surface area contributed by atoms with E-state index in [4.69, 9.17) is 4.74 Å². The third-order valence-electron chi connectivity index (χ3n) is 3.20. The molecule has 0 saturated carbocycles. The van der Waals surface area contributed by atoms with Crippen LogP contribution in [-0.2, 0) is 4.74 Å². The highest BCUT2D eigenvalue weighted by Gasteiger charge is 2.29. The quantitative estimate of drug-likeness (QED) is 0.770. The summed E-state index contributed by atoms with van der Waals surface area (Å²) in [6, 6.07) is 0.315. The normalized spacial score (nSPS) is 27.6. The molecule has 0 aliphatic carbocycles. The first-order valence-corrected chi connectivity index (χ1v) is 6.77. The molecule has 0 aromatic carbocycles. The van der Waals surface area contributed by atoms with E-state index < -0.39 is 0 Å². The monoisotopic (exact) mass is 233 g/mol. The lowest BCUT2D eigenvalue weighted by atomic mass is 9.95. The zero-order valence-electron chi connectivity index (χ0n) is 9.98. The van der Waals surface area contributed by atoms with Crippen LogP contribution in [0.3, 0.4) is 0 Å². The lowest BCUT2D eigenvalue weighted by Gasteiger charge is -2.37. The Morgan fingerprint density at radius 2 is 2.33 bits per heavy atom. The fourth-order valence-corrected chi connectivity index (χ4v) is 3.20. The number of methoxy groups -OCH3 is 1. The van der Waals surface area contributed by atoms with Gasteiger partial charge in [0.2, 0.25) is 0 Å². The molecule has 0 aromatic rings. The predicted octanol–water partition coefficient (Wildman–Crippen LogP) is 1.07. The third kappa shape index (κ3) is 3.94. The molecule has 90 valence electrons. The van der Waals surface area contributed by atoms with Crippen molar-refractivity contribution in [3.63, 3.8) is 0 Å². The van der Waals surface area contributed by atoms with Crippen molar-refractivity contribution < 1.29 is 9.84 Å². The molecule has 0 radical (unpaired) electrons. The second kappa shape index (κ2) is 6.74. The molecule has 0 bridgehead atoms. The van der Waals surface area contributed by atoms with Crippen LogP contribution >= 0.6 is 11.8 Å². The molecule has 1 saturated heterocycles. The molecule has 1 N–H and O–H groups in total. The fourth-order valence-electron chi connectivity index (χ4n) is 1.92. The van der Waals surface area contributed by atoms with Crippen molar-refractivity contribution in [2.45, 2.75) is 25.5 Å². The largest absolute Gasteiger partial charge is 0.391 e. The SMILES string of the molecule is COCCC(C)C(O)C1CSCCN1C. The average molecular weight is 233 g/mol. The molecule has 15 heavy (non-hydrogen) atoms. The zero-order chi connectivity index (χ0) is 11.3. The number of thioether (sulfide) groups is 1. The van der Waals surface area contributed by atoms with Gasteiger partial charge in [-0.15, -0.1) is 0 Å². The Hall–Kier alpha value is 0.230. The maximum Gasteiger partial charge on any atom is 0.0729 e. The summed E-state index contributed by atoms with van der Waals surface area (Å²) in [5, 5.41) is 10.2. The molecule has 0 aromatic heterocycles. The van der Waals surface area contributed by atoms with E-state index in [-0.39, 0.29) is 6.10 Å². The second-order valence-electron chi connectivity index (χ2n) is 4.37. The average Bonchev–Trinajstić information content (AvgIpc) is 2.25. The van der Waals surface area contributed by atoms with Gasteiger partial charge in [-0.25, -0.2) is 0 Å². The van der Waals surface area contributed by atoms with E-state index in [9.17, 15) is 5.11 Å². The van der Waals surface area contributed by atoms with Crippen molar-refractivity contribution in [3.05, 3.63) is 0 Å². The van der Waals surface area contributed by atoms with Crippen LogP contribution in [0.15, 0.2) is 0 Å². The molecule has 1 heterocycles. The van der Waals surface area contributed by atoms with Gasteiger partial charge in [0.15, 0.2) is 0 Å². The van der Waals surface area contributed by atoms with Crippen LogP contribution in [0.5, 0.6) is 0 Å². The summed E-state index contributed by atoms with van der Waals surface area (Å²) in [7, 11) is 3.82. The Balaban J connectivity index is 2.39. The lowest BCUT2D eigenvalue weighted by Crippen LogP contribution is -2.49. The van der Waals surface area contributed by atoms with E-state index in [2.05, 4.69) is 18.9 Å². The van der Waals surface area contributed by atoms with Crippen LogP contribution < -0.4 is 0 Å². The van der Waals surface area contributed by atoms with Crippen molar-refractivity contribution in [2.75, 3.05) is 38.8 Å². The first-order valence-electron chi connectivity index (χ1n) is 5.61. The van der Waals surface area contributed by atoms with Gasteiger partial charge in [-0.1, -0.05) is 6.92 Å². The highest BCUT2D eigenvalue weighted by atomic mass is 32.2. The fraction of sp³-hybridized carbons (Fsp3) is 1.00. The molecule has 3 unspecified atom stereocenters. The summed E-state index contributed by atoms with van der Waals surface area (Å²) >= 11 is 1.94. The highest BCUT2D eigenvalue weighted by Crippen LogP contribution is 2.22. The van der Waals surface area contributed by atoms with Crippen LogP contribution in [0.2, 0.25) is 0 Å². The topological polar surface area (TPSA) is 32.7 Å². The third-order valence-corrected chi connectivity index (χ3v) is 4.25. The molecule has 4 heteroatoms. The summed E-state index contributed by atoms with van der Waals surface area (Å²) in [6.45, 7) is 3.93. The summed E-state index contributed by atoms with van der Waals surface area (Å²) in [6.07, 6.45) is 0.713. The van der Waals surface area contributed by atoms with E-state index in [1.54, 1.807) is 7.11 Å². The van der Waals surface area contributed by atoms with Gasteiger partial charge in [0.05, 0.1) is 6.10 Å². The van der Waals surface area contributed by atoms with Crippen LogP contribution in [0.4, 0.5) is 0 Å². The molecule has 1 aliphatic rings. The smallest absolute Gasteiger partial charge is 0.0729 e. The predicted molar refractivity (Wildman–Crippen MR) is 65.4 cm³/mol. The Kier molecular flexibility index (Phi) is 5.97. The lowest BCUT2D eigenvalue weighted by molar-refractivity contribution is 0.0244. The second-order valence-corrected chi connectivity index (χ2v) is 5.52. The molecular weight excluding hydrogens is 210 g/mol. The number of rotatable bonds is 5. The number of aliphatic hydroxyl groups is 1. The summed E-state index contributed by atoms with van der Waals surface area (Å²) in [5.41, 5.74) is 0. The molecule has 0 spiro atoms. The van der Waals surface area contributed by atoms with Crippen LogP contribution in [0, 0.1) is 5.92 Å². The Morgan fingerprint density at radius 1 is 1.60 bits per heavy atom. The van der Waals surface area contributed by atoms with E-state index in [0.717, 1.165) is 25.3 Å². The van der Waals surface area contributed by atoms with Gasteiger partial charge >= 0.3 is 0 Å². The van der Waals surface area contributed by atoms with E-state index in [1.807, 2.05) is 11.8 Å². The number of hydrogen-bond donors (Lipinski definition) is 1. The van der Waals surface area contributed by atoms with Crippen molar-refractivity contribution in [2.24, 2.45) is 5.92 Å². The summed E-state index contributed by atoms with van der Waals surface area (Å²) in [4.78, 5) is 2.28.